The van der Waals surface area contributed by atoms with Gasteiger partial charge in [0.15, 0.2) is 0 Å². The normalized spacial score (nSPS) is 10.3. The maximum absolute atomic E-state index is 10.9. The summed E-state index contributed by atoms with van der Waals surface area (Å²) >= 11 is 4.60. The Balaban J connectivity index is 2.07. The van der Waals surface area contributed by atoms with Crippen LogP contribution in [0.15, 0.2) is 51.8 Å². The van der Waals surface area contributed by atoms with E-state index in [-0.39, 0.29) is 11.4 Å². The van der Waals surface area contributed by atoms with Crippen molar-refractivity contribution in [3.63, 3.8) is 0 Å². The lowest BCUT2D eigenvalue weighted by Gasteiger charge is -2.03. The van der Waals surface area contributed by atoms with Gasteiger partial charge in [-0.15, -0.1) is 11.8 Å². The molecule has 108 valence electrons. The minimum Gasteiger partial charge on any atom is -0.258 e. The summed E-state index contributed by atoms with van der Waals surface area (Å²) in [5.74, 6) is 0.548. The molecule has 2 rings (SSSR count). The molecule has 8 heteroatoms. The third-order valence-corrected chi connectivity index (χ3v) is 4.41. The molecule has 0 bridgehead atoms. The van der Waals surface area contributed by atoms with Gasteiger partial charge < -0.3 is 0 Å². The Bertz CT molecular complexity index is 691. The van der Waals surface area contributed by atoms with Gasteiger partial charge in [0.05, 0.1) is 14.3 Å². The zero-order chi connectivity index (χ0) is 15.4. The molecule has 0 atom stereocenters. The number of nitro benzene ring substituents is 2. The van der Waals surface area contributed by atoms with E-state index in [1.165, 1.54) is 30.0 Å². The number of halogens is 1. The zero-order valence-corrected chi connectivity index (χ0v) is 13.0. The molecule has 0 aliphatic rings. The lowest BCUT2D eigenvalue weighted by molar-refractivity contribution is -0.385. The largest absolute Gasteiger partial charge is 0.283 e. The molecule has 0 N–H and O–H groups in total. The summed E-state index contributed by atoms with van der Waals surface area (Å²) in [5.41, 5.74) is 0.878. The van der Waals surface area contributed by atoms with Crippen LogP contribution in [-0.2, 0) is 5.75 Å². The predicted molar refractivity (Wildman–Crippen MR) is 83.5 cm³/mol. The van der Waals surface area contributed by atoms with Gasteiger partial charge in [-0.3, -0.25) is 20.2 Å². The second kappa shape index (κ2) is 6.68. The lowest BCUT2D eigenvalue weighted by atomic mass is 10.2. The van der Waals surface area contributed by atoms with Crippen molar-refractivity contribution >= 4 is 39.1 Å². The minimum atomic E-state index is -0.452. The number of hydrogen-bond acceptors (Lipinski definition) is 5. The smallest absolute Gasteiger partial charge is 0.258 e. The molecule has 0 unspecified atom stereocenters. The van der Waals surface area contributed by atoms with E-state index in [0.29, 0.717) is 10.2 Å². The van der Waals surface area contributed by atoms with Gasteiger partial charge in [-0.1, -0.05) is 6.07 Å². The van der Waals surface area contributed by atoms with Crippen molar-refractivity contribution in [3.8, 4) is 0 Å². The van der Waals surface area contributed by atoms with E-state index >= 15 is 0 Å². The van der Waals surface area contributed by atoms with Crippen LogP contribution in [0.25, 0.3) is 0 Å². The van der Waals surface area contributed by atoms with Gasteiger partial charge in [0.2, 0.25) is 0 Å². The zero-order valence-electron chi connectivity index (χ0n) is 10.6. The van der Waals surface area contributed by atoms with Crippen LogP contribution in [0.4, 0.5) is 11.4 Å². The van der Waals surface area contributed by atoms with Gasteiger partial charge in [-0.25, -0.2) is 0 Å². The van der Waals surface area contributed by atoms with E-state index in [0.717, 1.165) is 10.5 Å². The van der Waals surface area contributed by atoms with Crippen LogP contribution < -0.4 is 0 Å². The van der Waals surface area contributed by atoms with E-state index < -0.39 is 9.85 Å². The molecular formula is C13H9BrN2O4S. The minimum absolute atomic E-state index is 0.0248. The highest BCUT2D eigenvalue weighted by Crippen LogP contribution is 2.29. The van der Waals surface area contributed by atoms with E-state index in [2.05, 4.69) is 15.9 Å². The second-order valence-electron chi connectivity index (χ2n) is 4.08. The fraction of sp³-hybridized carbons (Fsp3) is 0.0769. The monoisotopic (exact) mass is 368 g/mol. The summed E-state index contributed by atoms with van der Waals surface area (Å²) in [7, 11) is 0. The van der Waals surface area contributed by atoms with Crippen LogP contribution in [0.3, 0.4) is 0 Å². The predicted octanol–water partition coefficient (Wildman–Crippen LogP) is 4.56. The molecule has 0 aromatic heterocycles. The number of benzene rings is 2. The highest BCUT2D eigenvalue weighted by atomic mass is 79.9. The molecule has 0 radical (unpaired) electrons. The maximum Gasteiger partial charge on any atom is 0.283 e. The first-order valence-electron chi connectivity index (χ1n) is 5.77. The molecular weight excluding hydrogens is 360 g/mol. The van der Waals surface area contributed by atoms with Crippen LogP contribution in [0.1, 0.15) is 5.56 Å². The molecule has 0 amide bonds. The first-order chi connectivity index (χ1) is 9.97. The van der Waals surface area contributed by atoms with Gasteiger partial charge in [0.1, 0.15) is 0 Å². The van der Waals surface area contributed by atoms with Crippen molar-refractivity contribution in [1.82, 2.24) is 0 Å². The summed E-state index contributed by atoms with van der Waals surface area (Å²) in [4.78, 5) is 21.4. The first-order valence-corrected chi connectivity index (χ1v) is 7.55. The van der Waals surface area contributed by atoms with E-state index in [4.69, 9.17) is 0 Å². The molecule has 21 heavy (non-hydrogen) atoms. The SMILES string of the molecule is O=[N+]([O-])c1ccc(SCc2ccc(Br)c([N+](=O)[O-])c2)cc1. The third-order valence-electron chi connectivity index (χ3n) is 2.66. The number of thioether (sulfide) groups is 1. The molecule has 0 aliphatic carbocycles. The van der Waals surface area contributed by atoms with Gasteiger partial charge in [0.25, 0.3) is 11.4 Å². The fourth-order valence-corrected chi connectivity index (χ4v) is 2.85. The highest BCUT2D eigenvalue weighted by Gasteiger charge is 2.12. The van der Waals surface area contributed by atoms with Crippen molar-refractivity contribution in [2.75, 3.05) is 0 Å². The Morgan fingerprint density at radius 1 is 1.00 bits per heavy atom. The molecule has 2 aromatic rings. The summed E-state index contributed by atoms with van der Waals surface area (Å²) in [6.45, 7) is 0. The first kappa shape index (κ1) is 15.5. The van der Waals surface area contributed by atoms with Gasteiger partial charge >= 0.3 is 0 Å². The topological polar surface area (TPSA) is 86.3 Å². The van der Waals surface area contributed by atoms with Crippen LogP contribution in [-0.4, -0.2) is 9.85 Å². The molecule has 0 saturated carbocycles. The van der Waals surface area contributed by atoms with Crippen LogP contribution in [0.2, 0.25) is 0 Å². The summed E-state index contributed by atoms with van der Waals surface area (Å²) < 4.78 is 0.441. The Kier molecular flexibility index (Phi) is 4.92. The van der Waals surface area contributed by atoms with Crippen molar-refractivity contribution in [3.05, 3.63) is 72.7 Å². The highest BCUT2D eigenvalue weighted by molar-refractivity contribution is 9.10. The van der Waals surface area contributed by atoms with Crippen LogP contribution in [0.5, 0.6) is 0 Å². The van der Waals surface area contributed by atoms with E-state index in [1.54, 1.807) is 24.3 Å². The molecule has 6 nitrogen and oxygen atoms in total. The summed E-state index contributed by atoms with van der Waals surface area (Å²) in [5, 5.41) is 21.4. The van der Waals surface area contributed by atoms with E-state index in [1.807, 2.05) is 0 Å². The van der Waals surface area contributed by atoms with Gasteiger partial charge in [-0.05, 0) is 39.7 Å². The Morgan fingerprint density at radius 2 is 1.67 bits per heavy atom. The number of rotatable bonds is 5. The summed E-state index contributed by atoms with van der Waals surface area (Å²) in [6, 6.07) is 11.2. The standard InChI is InChI=1S/C13H9BrN2O4S/c14-12-6-1-9(7-13(12)16(19)20)8-21-11-4-2-10(3-5-11)15(17)18/h1-7H,8H2. The Morgan fingerprint density at radius 3 is 2.24 bits per heavy atom. The molecule has 0 aliphatic heterocycles. The van der Waals surface area contributed by atoms with Crippen molar-refractivity contribution in [2.45, 2.75) is 10.6 Å². The molecule has 0 saturated heterocycles. The molecule has 0 heterocycles. The number of hydrogen-bond donors (Lipinski definition) is 0. The van der Waals surface area contributed by atoms with Crippen molar-refractivity contribution in [2.24, 2.45) is 0 Å². The molecule has 0 spiro atoms. The van der Waals surface area contributed by atoms with Crippen molar-refractivity contribution < 1.29 is 9.85 Å². The van der Waals surface area contributed by atoms with Crippen molar-refractivity contribution in [1.29, 1.82) is 0 Å². The Labute approximate surface area is 132 Å². The summed E-state index contributed by atoms with van der Waals surface area (Å²) in [6.07, 6.45) is 0. The van der Waals surface area contributed by atoms with Gasteiger partial charge in [0, 0.05) is 28.8 Å². The fourth-order valence-electron chi connectivity index (χ4n) is 1.62. The number of nitrogens with zero attached hydrogens (tertiary/aromatic N) is 2. The second-order valence-corrected chi connectivity index (χ2v) is 5.99. The average Bonchev–Trinajstić information content (AvgIpc) is 2.46. The number of non-ortho nitro benzene ring substituents is 1. The average molecular weight is 369 g/mol. The third kappa shape index (κ3) is 4.02. The lowest BCUT2D eigenvalue weighted by Crippen LogP contribution is -1.91. The maximum atomic E-state index is 10.9. The van der Waals surface area contributed by atoms with Crippen LogP contribution in [0, 0.1) is 20.2 Å². The molecule has 0 fully saturated rings. The van der Waals surface area contributed by atoms with E-state index in [9.17, 15) is 20.2 Å². The number of nitro groups is 2. The van der Waals surface area contributed by atoms with Gasteiger partial charge in [-0.2, -0.15) is 0 Å². The quantitative estimate of drug-likeness (QED) is 0.438. The van der Waals surface area contributed by atoms with Crippen LogP contribution >= 0.6 is 27.7 Å². The Hall–Kier alpha value is -1.93. The molecule has 2 aromatic carbocycles.